The maximum absolute atomic E-state index is 4.09. The molecule has 0 nitrogen and oxygen atoms in total. The van der Waals surface area contributed by atoms with Crippen molar-refractivity contribution in [3.63, 3.8) is 0 Å². The Kier molecular flexibility index (Phi) is 4.42. The van der Waals surface area contributed by atoms with Crippen molar-refractivity contribution in [3.05, 3.63) is 83.8 Å². The fraction of sp³-hybridized carbons (Fsp3) is 0.118. The molecule has 0 atom stereocenters. The molecule has 0 saturated heterocycles. The Morgan fingerprint density at radius 1 is 0.889 bits per heavy atom. The molecule has 0 aromatic heterocycles. The number of aryl methyl sites for hydroxylation is 1. The molecule has 0 amide bonds. The standard InChI is InChI=1S/C17H14.Y/c1-13-6-2-5-9-17(13)16-11-10-14-7-3-4-8-15(14)12-16;/h2-9H,1,10-11H2;/q-2;. The van der Waals surface area contributed by atoms with Gasteiger partial charge in [-0.25, -0.2) is 0 Å². The third-order valence-corrected chi connectivity index (χ3v) is 3.29. The number of hydrogen-bond acceptors (Lipinski definition) is 0. The quantitative estimate of drug-likeness (QED) is 0.697. The molecule has 18 heavy (non-hydrogen) atoms. The van der Waals surface area contributed by atoms with Crippen molar-refractivity contribution in [2.75, 3.05) is 0 Å². The molecule has 0 heterocycles. The molecular formula is C17H14Y-2. The van der Waals surface area contributed by atoms with E-state index in [1.165, 1.54) is 22.3 Å². The van der Waals surface area contributed by atoms with Gasteiger partial charge < -0.3 is 0 Å². The monoisotopic (exact) mass is 307 g/mol. The molecular weight excluding hydrogens is 293 g/mol. The predicted molar refractivity (Wildman–Crippen MR) is 71.4 cm³/mol. The second-order valence-electron chi connectivity index (χ2n) is 4.42. The molecule has 87 valence electrons. The van der Waals surface area contributed by atoms with E-state index < -0.39 is 0 Å². The maximum atomic E-state index is 4.09. The second-order valence-corrected chi connectivity index (χ2v) is 4.42. The predicted octanol–water partition coefficient (Wildman–Crippen LogP) is 4.05. The third kappa shape index (κ3) is 2.60. The zero-order chi connectivity index (χ0) is 11.7. The maximum Gasteiger partial charge on any atom is 0 e. The van der Waals surface area contributed by atoms with Gasteiger partial charge in [-0.1, -0.05) is 24.6 Å². The van der Waals surface area contributed by atoms with Crippen LogP contribution in [0, 0.1) is 13.0 Å². The van der Waals surface area contributed by atoms with Gasteiger partial charge in [0.2, 0.25) is 0 Å². The van der Waals surface area contributed by atoms with Gasteiger partial charge in [0.05, 0.1) is 0 Å². The summed E-state index contributed by atoms with van der Waals surface area (Å²) in [4.78, 5) is 0. The van der Waals surface area contributed by atoms with Crippen LogP contribution in [0.4, 0.5) is 0 Å². The van der Waals surface area contributed by atoms with E-state index >= 15 is 0 Å². The van der Waals surface area contributed by atoms with Gasteiger partial charge in [-0.05, 0) is 6.42 Å². The van der Waals surface area contributed by atoms with Crippen LogP contribution >= 0.6 is 0 Å². The zero-order valence-electron chi connectivity index (χ0n) is 10.3. The van der Waals surface area contributed by atoms with E-state index in [-0.39, 0.29) is 32.7 Å². The van der Waals surface area contributed by atoms with E-state index in [9.17, 15) is 0 Å². The topological polar surface area (TPSA) is 0 Å². The minimum Gasteiger partial charge on any atom is -0.195 e. The van der Waals surface area contributed by atoms with E-state index in [0.717, 1.165) is 18.4 Å². The van der Waals surface area contributed by atoms with Gasteiger partial charge in [0.1, 0.15) is 0 Å². The Hall–Kier alpha value is -0.846. The number of allylic oxidation sites excluding steroid dienone is 1. The molecule has 3 rings (SSSR count). The fourth-order valence-electron chi connectivity index (χ4n) is 2.36. The van der Waals surface area contributed by atoms with Gasteiger partial charge in [-0.3, -0.25) is 0 Å². The molecule has 0 unspecified atom stereocenters. The molecule has 0 spiro atoms. The molecule has 1 heteroatoms. The summed E-state index contributed by atoms with van der Waals surface area (Å²) in [7, 11) is 0. The van der Waals surface area contributed by atoms with Crippen LogP contribution in [0.1, 0.15) is 28.7 Å². The van der Waals surface area contributed by atoms with Crippen LogP contribution in [0.5, 0.6) is 0 Å². The molecule has 1 aliphatic rings. The summed E-state index contributed by atoms with van der Waals surface area (Å²) in [6.45, 7) is 4.09. The van der Waals surface area contributed by atoms with Gasteiger partial charge in [0, 0.05) is 32.7 Å². The first-order valence-corrected chi connectivity index (χ1v) is 5.97. The number of rotatable bonds is 1. The minimum absolute atomic E-state index is 0. The number of benzene rings is 2. The Morgan fingerprint density at radius 3 is 2.44 bits per heavy atom. The molecule has 0 fully saturated rings. The summed E-state index contributed by atoms with van der Waals surface area (Å²) in [6, 6.07) is 16.8. The van der Waals surface area contributed by atoms with Crippen LogP contribution in [-0.4, -0.2) is 0 Å². The first-order chi connectivity index (χ1) is 8.34. The van der Waals surface area contributed by atoms with Gasteiger partial charge in [0.25, 0.3) is 0 Å². The van der Waals surface area contributed by atoms with E-state index in [1.807, 2.05) is 6.07 Å². The second kappa shape index (κ2) is 5.86. The Balaban J connectivity index is 0.00000120. The van der Waals surface area contributed by atoms with Crippen molar-refractivity contribution in [1.29, 1.82) is 0 Å². The molecule has 2 aromatic carbocycles. The van der Waals surface area contributed by atoms with Crippen molar-refractivity contribution < 1.29 is 32.7 Å². The van der Waals surface area contributed by atoms with Crippen LogP contribution in [0.3, 0.4) is 0 Å². The van der Waals surface area contributed by atoms with Crippen molar-refractivity contribution in [3.8, 4) is 0 Å². The van der Waals surface area contributed by atoms with Crippen LogP contribution in [0.15, 0.2) is 48.5 Å². The Morgan fingerprint density at radius 2 is 1.61 bits per heavy atom. The van der Waals surface area contributed by atoms with Crippen LogP contribution in [0.2, 0.25) is 0 Å². The van der Waals surface area contributed by atoms with E-state index in [2.05, 4.69) is 55.5 Å². The third-order valence-electron chi connectivity index (χ3n) is 3.29. The first kappa shape index (κ1) is 13.6. The van der Waals surface area contributed by atoms with E-state index in [0.29, 0.717) is 0 Å². The zero-order valence-corrected chi connectivity index (χ0v) is 13.2. The average Bonchev–Trinajstić information content (AvgIpc) is 2.39. The number of hydrogen-bond donors (Lipinski definition) is 0. The molecule has 0 aliphatic heterocycles. The van der Waals surface area contributed by atoms with Crippen LogP contribution < -0.4 is 0 Å². The Labute approximate surface area is 134 Å². The smallest absolute Gasteiger partial charge is 0 e. The molecule has 1 aliphatic carbocycles. The van der Waals surface area contributed by atoms with Crippen molar-refractivity contribution in [2.45, 2.75) is 12.8 Å². The average molecular weight is 307 g/mol. The summed E-state index contributed by atoms with van der Waals surface area (Å²) in [5.41, 5.74) is 6.25. The number of fused-ring (bicyclic) bond motifs is 1. The van der Waals surface area contributed by atoms with Crippen molar-refractivity contribution in [2.24, 2.45) is 0 Å². The molecule has 0 bridgehead atoms. The molecule has 1 radical (unpaired) electrons. The van der Waals surface area contributed by atoms with Gasteiger partial charge in [-0.2, -0.15) is 18.6 Å². The largest absolute Gasteiger partial charge is 0.195 e. The SMILES string of the molecule is [CH2-]c1ccccc1C1=[C-]c2ccccc2CC1.[Y]. The molecule has 0 saturated carbocycles. The van der Waals surface area contributed by atoms with Gasteiger partial charge in [-0.15, -0.1) is 52.6 Å². The minimum atomic E-state index is 0. The van der Waals surface area contributed by atoms with Gasteiger partial charge in [0.15, 0.2) is 0 Å². The van der Waals surface area contributed by atoms with E-state index in [4.69, 9.17) is 0 Å². The normalized spacial score (nSPS) is 13.2. The fourth-order valence-corrected chi connectivity index (χ4v) is 2.36. The van der Waals surface area contributed by atoms with E-state index in [1.54, 1.807) is 0 Å². The summed E-state index contributed by atoms with van der Waals surface area (Å²) >= 11 is 0. The van der Waals surface area contributed by atoms with Crippen LogP contribution in [-0.2, 0) is 39.1 Å². The summed E-state index contributed by atoms with van der Waals surface area (Å²) < 4.78 is 0. The Bertz CT molecular complexity index is 582. The molecule has 0 N–H and O–H groups in total. The van der Waals surface area contributed by atoms with Crippen LogP contribution in [0.25, 0.3) is 5.57 Å². The van der Waals surface area contributed by atoms with Gasteiger partial charge >= 0.3 is 0 Å². The van der Waals surface area contributed by atoms with Crippen molar-refractivity contribution >= 4 is 5.57 Å². The molecule has 2 aromatic rings. The van der Waals surface area contributed by atoms with Crippen molar-refractivity contribution in [1.82, 2.24) is 0 Å². The summed E-state index contributed by atoms with van der Waals surface area (Å²) in [5.74, 6) is 0. The first-order valence-electron chi connectivity index (χ1n) is 5.97. The summed E-state index contributed by atoms with van der Waals surface area (Å²) in [5, 5.41) is 0. The summed E-state index contributed by atoms with van der Waals surface area (Å²) in [6.07, 6.45) is 5.69.